The fourth-order valence-corrected chi connectivity index (χ4v) is 3.03. The maximum absolute atomic E-state index is 12.6. The Morgan fingerprint density at radius 2 is 1.70 bits per heavy atom. The van der Waals surface area contributed by atoms with Crippen LogP contribution in [0, 0.1) is 0 Å². The predicted octanol–water partition coefficient (Wildman–Crippen LogP) is 3.49. The summed E-state index contributed by atoms with van der Waals surface area (Å²) in [6, 6.07) is 19.5. The largest absolute Gasteiger partial charge is 0.454 e. The van der Waals surface area contributed by atoms with E-state index in [0.29, 0.717) is 17.2 Å². The number of carbonyl (C=O) groups excluding carboxylic acids is 1. The van der Waals surface area contributed by atoms with Crippen molar-refractivity contribution in [2.45, 2.75) is 19.4 Å². The minimum Gasteiger partial charge on any atom is -0.454 e. The number of fused-ring (bicyclic) bond motifs is 1. The second-order valence-corrected chi connectivity index (χ2v) is 6.55. The van der Waals surface area contributed by atoms with Crippen molar-refractivity contribution in [2.24, 2.45) is 0 Å². The number of anilines is 1. The molecule has 1 aliphatic heterocycles. The fourth-order valence-electron chi connectivity index (χ4n) is 3.03. The third kappa shape index (κ3) is 3.92. The van der Waals surface area contributed by atoms with Crippen molar-refractivity contribution < 1.29 is 18.8 Å². The van der Waals surface area contributed by atoms with Crippen LogP contribution in [0.25, 0.3) is 0 Å². The van der Waals surface area contributed by atoms with E-state index in [4.69, 9.17) is 9.47 Å². The van der Waals surface area contributed by atoms with Crippen molar-refractivity contribution in [2.75, 3.05) is 12.1 Å². The number of amides is 1. The van der Waals surface area contributed by atoms with Gasteiger partial charge in [-0.1, -0.05) is 30.3 Å². The van der Waals surface area contributed by atoms with Gasteiger partial charge in [0.15, 0.2) is 23.9 Å². The second kappa shape index (κ2) is 7.50. The van der Waals surface area contributed by atoms with Crippen LogP contribution in [0.1, 0.15) is 24.1 Å². The molecule has 3 aromatic rings. The van der Waals surface area contributed by atoms with Gasteiger partial charge in [-0.25, -0.2) is 0 Å². The van der Waals surface area contributed by atoms with E-state index in [1.54, 1.807) is 12.1 Å². The number of aromatic nitrogens is 1. The molecule has 1 aliphatic rings. The van der Waals surface area contributed by atoms with Crippen molar-refractivity contribution >= 4 is 11.6 Å². The van der Waals surface area contributed by atoms with E-state index >= 15 is 0 Å². The van der Waals surface area contributed by atoms with E-state index in [1.807, 2.05) is 48.1 Å². The zero-order chi connectivity index (χ0) is 18.6. The fraction of sp³-hybridized carbons (Fsp3) is 0.182. The highest BCUT2D eigenvalue weighted by Gasteiger charge is 2.23. The number of pyridine rings is 1. The highest BCUT2D eigenvalue weighted by Crippen LogP contribution is 2.34. The number of hydrogen-bond acceptors (Lipinski definition) is 3. The molecule has 1 atom stereocenters. The van der Waals surface area contributed by atoms with Gasteiger partial charge >= 0.3 is 0 Å². The highest BCUT2D eigenvalue weighted by atomic mass is 16.7. The lowest BCUT2D eigenvalue weighted by molar-refractivity contribution is -0.705. The maximum Gasteiger partial charge on any atom is 0.293 e. The van der Waals surface area contributed by atoms with Crippen molar-refractivity contribution in [3.63, 3.8) is 0 Å². The molecule has 2 aromatic carbocycles. The lowest BCUT2D eigenvalue weighted by Gasteiger charge is -2.10. The molecule has 4 rings (SSSR count). The van der Waals surface area contributed by atoms with Crippen LogP contribution in [0.4, 0.5) is 5.69 Å². The molecule has 136 valence electrons. The number of hydrogen-bond donors (Lipinski definition) is 1. The van der Waals surface area contributed by atoms with E-state index < -0.39 is 0 Å². The third-order valence-corrected chi connectivity index (χ3v) is 4.64. The van der Waals surface area contributed by atoms with Gasteiger partial charge in [0.2, 0.25) is 12.8 Å². The van der Waals surface area contributed by atoms with Crippen LogP contribution in [-0.2, 0) is 11.2 Å². The first-order chi connectivity index (χ1) is 13.2. The molecule has 1 aromatic heterocycles. The van der Waals surface area contributed by atoms with Gasteiger partial charge in [-0.3, -0.25) is 4.79 Å². The van der Waals surface area contributed by atoms with Crippen LogP contribution in [-0.4, -0.2) is 12.7 Å². The molecule has 5 heteroatoms. The van der Waals surface area contributed by atoms with Crippen molar-refractivity contribution in [1.82, 2.24) is 0 Å². The first-order valence-electron chi connectivity index (χ1n) is 8.93. The van der Waals surface area contributed by atoms with Crippen molar-refractivity contribution in [1.29, 1.82) is 0 Å². The van der Waals surface area contributed by atoms with Gasteiger partial charge < -0.3 is 14.8 Å². The summed E-state index contributed by atoms with van der Waals surface area (Å²) in [4.78, 5) is 12.6. The standard InChI is InChI=1S/C22H20N2O3/c1-16(22(25)23-19-7-8-20-21(14-19)27-15-26-20)24-11-9-18(10-12-24)13-17-5-3-2-4-6-17/h2-12,14,16H,13,15H2,1H3/p+1/t16-/m0/s1. The smallest absolute Gasteiger partial charge is 0.293 e. The van der Waals surface area contributed by atoms with Crippen molar-refractivity contribution in [3.05, 3.63) is 84.2 Å². The first-order valence-corrected chi connectivity index (χ1v) is 8.93. The number of ether oxygens (including phenoxy) is 2. The van der Waals surface area contributed by atoms with Crippen LogP contribution in [0.2, 0.25) is 0 Å². The minimum atomic E-state index is -0.332. The molecular weight excluding hydrogens is 340 g/mol. The predicted molar refractivity (Wildman–Crippen MR) is 102 cm³/mol. The third-order valence-electron chi connectivity index (χ3n) is 4.64. The molecule has 27 heavy (non-hydrogen) atoms. The first kappa shape index (κ1) is 17.1. The summed E-state index contributed by atoms with van der Waals surface area (Å²) >= 11 is 0. The average molecular weight is 361 g/mol. The van der Waals surface area contributed by atoms with Gasteiger partial charge in [0.25, 0.3) is 5.91 Å². The van der Waals surface area contributed by atoms with Gasteiger partial charge in [0.1, 0.15) is 0 Å². The van der Waals surface area contributed by atoms with Crippen LogP contribution in [0.5, 0.6) is 11.5 Å². The summed E-state index contributed by atoms with van der Waals surface area (Å²) < 4.78 is 12.5. The molecule has 2 heterocycles. The monoisotopic (exact) mass is 361 g/mol. The number of carbonyl (C=O) groups is 1. The lowest BCUT2D eigenvalue weighted by atomic mass is 10.1. The molecule has 0 unspecified atom stereocenters. The van der Waals surface area contributed by atoms with E-state index in [-0.39, 0.29) is 18.7 Å². The van der Waals surface area contributed by atoms with Crippen LogP contribution >= 0.6 is 0 Å². The summed E-state index contributed by atoms with van der Waals surface area (Å²) in [7, 11) is 0. The van der Waals surface area contributed by atoms with Gasteiger partial charge in [-0.2, -0.15) is 4.57 Å². The van der Waals surface area contributed by atoms with E-state index in [9.17, 15) is 4.79 Å². The zero-order valence-corrected chi connectivity index (χ0v) is 15.1. The minimum absolute atomic E-state index is 0.0883. The van der Waals surface area contributed by atoms with E-state index in [0.717, 1.165) is 6.42 Å². The van der Waals surface area contributed by atoms with E-state index in [2.05, 4.69) is 29.6 Å². The Balaban J connectivity index is 1.41. The maximum atomic E-state index is 12.6. The van der Waals surface area contributed by atoms with Crippen LogP contribution in [0.3, 0.4) is 0 Å². The highest BCUT2D eigenvalue weighted by molar-refractivity contribution is 5.92. The van der Waals surface area contributed by atoms with Crippen molar-refractivity contribution in [3.8, 4) is 11.5 Å². The van der Waals surface area contributed by atoms with Crippen LogP contribution < -0.4 is 19.4 Å². The SMILES string of the molecule is C[C@@H](C(=O)Nc1ccc2c(c1)OCO2)[n+]1ccc(Cc2ccccc2)cc1. The van der Waals surface area contributed by atoms with E-state index in [1.165, 1.54) is 11.1 Å². The molecular formula is C22H21N2O3+. The summed E-state index contributed by atoms with van der Waals surface area (Å²) in [5.74, 6) is 1.26. The number of benzene rings is 2. The van der Waals surface area contributed by atoms with Gasteiger partial charge in [0.05, 0.1) is 0 Å². The summed E-state index contributed by atoms with van der Waals surface area (Å²) in [6.45, 7) is 2.09. The molecule has 0 bridgehead atoms. The second-order valence-electron chi connectivity index (χ2n) is 6.55. The Bertz CT molecular complexity index is 940. The Kier molecular flexibility index (Phi) is 4.75. The molecule has 0 fully saturated rings. The molecule has 1 N–H and O–H groups in total. The average Bonchev–Trinajstić information content (AvgIpc) is 3.16. The molecule has 0 aliphatic carbocycles. The van der Waals surface area contributed by atoms with Crippen LogP contribution in [0.15, 0.2) is 73.1 Å². The Hall–Kier alpha value is -3.34. The molecule has 5 nitrogen and oxygen atoms in total. The Morgan fingerprint density at radius 3 is 2.48 bits per heavy atom. The topological polar surface area (TPSA) is 51.4 Å². The molecule has 0 spiro atoms. The molecule has 0 saturated carbocycles. The zero-order valence-electron chi connectivity index (χ0n) is 15.1. The normalized spacial score (nSPS) is 13.2. The number of nitrogens with one attached hydrogen (secondary N) is 1. The van der Waals surface area contributed by atoms with Gasteiger partial charge in [-0.15, -0.1) is 0 Å². The quantitative estimate of drug-likeness (QED) is 0.708. The Morgan fingerprint density at radius 1 is 1.00 bits per heavy atom. The number of rotatable bonds is 5. The Labute approximate surface area is 158 Å². The summed E-state index contributed by atoms with van der Waals surface area (Å²) in [5.41, 5.74) is 3.17. The summed E-state index contributed by atoms with van der Waals surface area (Å²) in [6.07, 6.45) is 4.77. The van der Waals surface area contributed by atoms with Gasteiger partial charge in [-0.05, 0) is 29.7 Å². The molecule has 1 amide bonds. The summed E-state index contributed by atoms with van der Waals surface area (Å²) in [5, 5.41) is 2.93. The molecule has 0 saturated heterocycles. The van der Waals surface area contributed by atoms with Gasteiger partial charge in [0, 0.05) is 30.8 Å². The number of nitrogens with zero attached hydrogens (tertiary/aromatic N) is 1. The molecule has 0 radical (unpaired) electrons. The lowest BCUT2D eigenvalue weighted by Crippen LogP contribution is -2.44.